The topological polar surface area (TPSA) is 49.3 Å². The Hall–Kier alpha value is -1.79. The first-order chi connectivity index (χ1) is 8.44. The molecule has 3 heteroatoms. The van der Waals surface area contributed by atoms with E-state index >= 15 is 0 Å². The molecule has 0 aliphatic carbocycles. The zero-order valence-electron chi connectivity index (χ0n) is 11.1. The molecular formula is C15H19NO2. The van der Waals surface area contributed by atoms with Gasteiger partial charge in [0.15, 0.2) is 0 Å². The Morgan fingerprint density at radius 1 is 1.33 bits per heavy atom. The van der Waals surface area contributed by atoms with E-state index in [0.717, 1.165) is 0 Å². The Balaban J connectivity index is 2.96. The van der Waals surface area contributed by atoms with Crippen LogP contribution in [0.2, 0.25) is 0 Å². The van der Waals surface area contributed by atoms with Crippen LogP contribution in [-0.2, 0) is 0 Å². The van der Waals surface area contributed by atoms with Crippen molar-refractivity contribution in [2.45, 2.75) is 32.7 Å². The molecule has 1 amide bonds. The molecule has 0 saturated heterocycles. The van der Waals surface area contributed by atoms with Gasteiger partial charge in [0.1, 0.15) is 0 Å². The van der Waals surface area contributed by atoms with E-state index in [4.69, 9.17) is 5.11 Å². The fraction of sp³-hybridized carbons (Fsp3) is 0.400. The van der Waals surface area contributed by atoms with E-state index in [1.54, 1.807) is 6.07 Å². The largest absolute Gasteiger partial charge is 0.395 e. The lowest BCUT2D eigenvalue weighted by Gasteiger charge is -2.20. The zero-order chi connectivity index (χ0) is 13.6. The average Bonchev–Trinajstić information content (AvgIpc) is 2.27. The molecule has 0 bridgehead atoms. The van der Waals surface area contributed by atoms with Gasteiger partial charge in [0.2, 0.25) is 0 Å². The highest BCUT2D eigenvalue weighted by molar-refractivity contribution is 5.97. The summed E-state index contributed by atoms with van der Waals surface area (Å²) < 4.78 is 0. The Labute approximate surface area is 108 Å². The van der Waals surface area contributed by atoms with Crippen molar-refractivity contribution >= 4 is 5.91 Å². The van der Waals surface area contributed by atoms with Crippen LogP contribution in [0.15, 0.2) is 24.3 Å². The minimum absolute atomic E-state index is 0.0311. The second kappa shape index (κ2) is 6.23. The van der Waals surface area contributed by atoms with Crippen molar-refractivity contribution in [1.29, 1.82) is 0 Å². The highest BCUT2D eigenvalue weighted by Crippen LogP contribution is 2.09. The van der Waals surface area contributed by atoms with Crippen LogP contribution in [0.25, 0.3) is 0 Å². The van der Waals surface area contributed by atoms with E-state index in [0.29, 0.717) is 17.5 Å². The zero-order valence-corrected chi connectivity index (χ0v) is 11.1. The summed E-state index contributed by atoms with van der Waals surface area (Å²) in [6.07, 6.45) is 0.412. The Morgan fingerprint density at radius 2 is 2.00 bits per heavy atom. The first-order valence-corrected chi connectivity index (χ1v) is 5.95. The maximum atomic E-state index is 12.1. The number of aliphatic hydroxyl groups is 1. The van der Waals surface area contributed by atoms with Crippen LogP contribution < -0.4 is 5.32 Å². The third kappa shape index (κ3) is 4.60. The summed E-state index contributed by atoms with van der Waals surface area (Å²) in [4.78, 5) is 12.1. The standard InChI is InChI=1S/C15H19NO2/c1-15(2,3)16-14(18)13-10-5-4-8-12(13)9-6-7-11-17/h4-5,8,10,17H,7,11H2,1-3H3,(H,16,18). The van der Waals surface area contributed by atoms with Gasteiger partial charge in [-0.3, -0.25) is 4.79 Å². The molecule has 1 rings (SSSR count). The quantitative estimate of drug-likeness (QED) is 0.782. The van der Waals surface area contributed by atoms with Crippen molar-refractivity contribution in [3.63, 3.8) is 0 Å². The van der Waals surface area contributed by atoms with E-state index in [2.05, 4.69) is 17.2 Å². The lowest BCUT2D eigenvalue weighted by Crippen LogP contribution is -2.40. The number of hydrogen-bond acceptors (Lipinski definition) is 2. The van der Waals surface area contributed by atoms with Gasteiger partial charge in [-0.15, -0.1) is 0 Å². The minimum atomic E-state index is -0.275. The van der Waals surface area contributed by atoms with Crippen LogP contribution in [0.4, 0.5) is 0 Å². The Morgan fingerprint density at radius 3 is 2.61 bits per heavy atom. The van der Waals surface area contributed by atoms with E-state index in [-0.39, 0.29) is 18.1 Å². The van der Waals surface area contributed by atoms with Crippen molar-refractivity contribution in [1.82, 2.24) is 5.32 Å². The SMILES string of the molecule is CC(C)(C)NC(=O)c1ccccc1C#CCCO. The molecule has 0 unspecified atom stereocenters. The van der Waals surface area contributed by atoms with Crippen LogP contribution >= 0.6 is 0 Å². The molecule has 96 valence electrons. The summed E-state index contributed by atoms with van der Waals surface area (Å²) in [5.41, 5.74) is 0.980. The normalized spacial score (nSPS) is 10.4. The second-order valence-electron chi connectivity index (χ2n) is 5.03. The van der Waals surface area contributed by atoms with Crippen molar-refractivity contribution < 1.29 is 9.90 Å². The van der Waals surface area contributed by atoms with Crippen molar-refractivity contribution in [2.24, 2.45) is 0 Å². The first kappa shape index (κ1) is 14.3. The monoisotopic (exact) mass is 245 g/mol. The lowest BCUT2D eigenvalue weighted by atomic mass is 10.0. The summed E-state index contributed by atoms with van der Waals surface area (Å²) >= 11 is 0. The van der Waals surface area contributed by atoms with Gasteiger partial charge < -0.3 is 10.4 Å². The first-order valence-electron chi connectivity index (χ1n) is 5.95. The molecule has 0 spiro atoms. The van der Waals surface area contributed by atoms with Gasteiger partial charge >= 0.3 is 0 Å². The number of hydrogen-bond donors (Lipinski definition) is 2. The molecule has 0 aromatic heterocycles. The second-order valence-corrected chi connectivity index (χ2v) is 5.03. The number of aliphatic hydroxyl groups excluding tert-OH is 1. The number of amides is 1. The van der Waals surface area contributed by atoms with Gasteiger partial charge in [0.05, 0.1) is 12.2 Å². The number of rotatable bonds is 2. The molecule has 2 N–H and O–H groups in total. The van der Waals surface area contributed by atoms with Crippen LogP contribution in [0.1, 0.15) is 43.1 Å². The predicted molar refractivity (Wildman–Crippen MR) is 72.2 cm³/mol. The third-order valence-corrected chi connectivity index (χ3v) is 2.12. The fourth-order valence-corrected chi connectivity index (χ4v) is 1.41. The highest BCUT2D eigenvalue weighted by atomic mass is 16.2. The molecule has 0 atom stereocenters. The van der Waals surface area contributed by atoms with Gasteiger partial charge in [-0.25, -0.2) is 0 Å². The molecule has 0 radical (unpaired) electrons. The molecule has 1 aromatic rings. The number of benzene rings is 1. The number of carbonyl (C=O) groups excluding carboxylic acids is 1. The van der Waals surface area contributed by atoms with Crippen molar-refractivity contribution in [2.75, 3.05) is 6.61 Å². The fourth-order valence-electron chi connectivity index (χ4n) is 1.41. The number of carbonyl (C=O) groups is 1. The minimum Gasteiger partial charge on any atom is -0.395 e. The summed E-state index contributed by atoms with van der Waals surface area (Å²) in [7, 11) is 0. The molecule has 0 fully saturated rings. The molecule has 0 aliphatic rings. The van der Waals surface area contributed by atoms with Crippen LogP contribution in [-0.4, -0.2) is 23.2 Å². The van der Waals surface area contributed by atoms with Gasteiger partial charge in [0, 0.05) is 17.5 Å². The van der Waals surface area contributed by atoms with Crippen molar-refractivity contribution in [3.05, 3.63) is 35.4 Å². The maximum absolute atomic E-state index is 12.1. The Kier molecular flexibility index (Phi) is 4.94. The molecule has 0 aliphatic heterocycles. The average molecular weight is 245 g/mol. The van der Waals surface area contributed by atoms with Gasteiger partial charge in [-0.1, -0.05) is 24.0 Å². The molecule has 0 saturated carbocycles. The van der Waals surface area contributed by atoms with Crippen LogP contribution in [0, 0.1) is 11.8 Å². The molecule has 3 nitrogen and oxygen atoms in total. The van der Waals surface area contributed by atoms with Crippen molar-refractivity contribution in [3.8, 4) is 11.8 Å². The summed E-state index contributed by atoms with van der Waals surface area (Å²) in [6, 6.07) is 7.22. The summed E-state index contributed by atoms with van der Waals surface area (Å²) in [5, 5.41) is 11.6. The van der Waals surface area contributed by atoms with Gasteiger partial charge in [0.25, 0.3) is 5.91 Å². The molecule has 0 heterocycles. The van der Waals surface area contributed by atoms with E-state index < -0.39 is 0 Å². The van der Waals surface area contributed by atoms with Crippen LogP contribution in [0.3, 0.4) is 0 Å². The molecular weight excluding hydrogens is 226 g/mol. The van der Waals surface area contributed by atoms with Gasteiger partial charge in [-0.2, -0.15) is 0 Å². The van der Waals surface area contributed by atoms with E-state index in [1.165, 1.54) is 0 Å². The third-order valence-electron chi connectivity index (χ3n) is 2.12. The lowest BCUT2D eigenvalue weighted by molar-refractivity contribution is 0.0919. The van der Waals surface area contributed by atoms with Gasteiger partial charge in [-0.05, 0) is 32.9 Å². The van der Waals surface area contributed by atoms with E-state index in [9.17, 15) is 4.79 Å². The summed E-state index contributed by atoms with van der Waals surface area (Å²) in [5.74, 6) is 5.61. The number of nitrogens with one attached hydrogen (secondary N) is 1. The smallest absolute Gasteiger partial charge is 0.252 e. The predicted octanol–water partition coefficient (Wildman–Crippen LogP) is 1.95. The maximum Gasteiger partial charge on any atom is 0.252 e. The van der Waals surface area contributed by atoms with E-state index in [1.807, 2.05) is 39.0 Å². The molecule has 18 heavy (non-hydrogen) atoms. The highest BCUT2D eigenvalue weighted by Gasteiger charge is 2.16. The van der Waals surface area contributed by atoms with Crippen LogP contribution in [0.5, 0.6) is 0 Å². The molecule has 1 aromatic carbocycles. The Bertz CT molecular complexity index is 475. The summed E-state index contributed by atoms with van der Waals surface area (Å²) in [6.45, 7) is 5.84.